The van der Waals surface area contributed by atoms with Crippen LogP contribution in [0.5, 0.6) is 0 Å². The molecule has 5 nitrogen and oxygen atoms in total. The normalized spacial score (nSPS) is 12.8. The fourth-order valence-electron chi connectivity index (χ4n) is 2.58. The Morgan fingerprint density at radius 2 is 1.86 bits per heavy atom. The molecule has 0 aliphatic heterocycles. The molecule has 7 heteroatoms. The summed E-state index contributed by atoms with van der Waals surface area (Å²) in [5, 5.41) is 11.1. The third-order valence-electron chi connectivity index (χ3n) is 4.06. The number of nitrogens with zero attached hydrogens (tertiary/aromatic N) is 1. The van der Waals surface area contributed by atoms with Gasteiger partial charge in [0, 0.05) is 40.8 Å². The Hall–Kier alpha value is -2.34. The molecule has 1 atom stereocenters. The van der Waals surface area contributed by atoms with Crippen LogP contribution >= 0.6 is 23.2 Å². The first-order valence-electron chi connectivity index (χ1n) is 8.75. The maximum atomic E-state index is 12.1. The monoisotopic (exact) mass is 419 g/mol. The van der Waals surface area contributed by atoms with Gasteiger partial charge in [0.05, 0.1) is 0 Å². The molecule has 0 aliphatic rings. The highest BCUT2D eigenvalue weighted by Crippen LogP contribution is 2.25. The van der Waals surface area contributed by atoms with E-state index in [1.807, 2.05) is 49.4 Å². The number of oxime groups is 1. The number of rotatable bonds is 8. The minimum Gasteiger partial charge on any atom is -0.398 e. The summed E-state index contributed by atoms with van der Waals surface area (Å²) in [6.07, 6.45) is 3.88. The van der Waals surface area contributed by atoms with Crippen molar-refractivity contribution in [2.75, 3.05) is 14.2 Å². The predicted octanol–water partition coefficient (Wildman–Crippen LogP) is 4.28. The highest BCUT2D eigenvalue weighted by molar-refractivity contribution is 6.45. The van der Waals surface area contributed by atoms with Crippen LogP contribution in [-0.2, 0) is 16.2 Å². The second kappa shape index (κ2) is 10.9. The number of carbonyl (C=O) groups is 1. The lowest BCUT2D eigenvalue weighted by Crippen LogP contribution is -2.30. The lowest BCUT2D eigenvalue weighted by molar-refractivity contribution is -0.114. The zero-order valence-electron chi connectivity index (χ0n) is 16.0. The molecule has 148 valence electrons. The van der Waals surface area contributed by atoms with E-state index >= 15 is 0 Å². The molecule has 0 heterocycles. The van der Waals surface area contributed by atoms with Gasteiger partial charge in [0.2, 0.25) is 0 Å². The minimum absolute atomic E-state index is 0.0446. The second-order valence-corrected chi connectivity index (χ2v) is 6.84. The van der Waals surface area contributed by atoms with Crippen LogP contribution in [-0.4, -0.2) is 31.8 Å². The maximum Gasteiger partial charge on any atom is 0.273 e. The van der Waals surface area contributed by atoms with Crippen LogP contribution in [0.4, 0.5) is 0 Å². The average Bonchev–Trinajstić information content (AvgIpc) is 2.70. The molecular weight excluding hydrogens is 397 g/mol. The van der Waals surface area contributed by atoms with E-state index in [0.29, 0.717) is 22.2 Å². The number of hydrogen-bond acceptors (Lipinski definition) is 4. The molecule has 0 bridgehead atoms. The fourth-order valence-corrected chi connectivity index (χ4v) is 3.10. The van der Waals surface area contributed by atoms with Gasteiger partial charge in [0.25, 0.3) is 5.91 Å². The van der Waals surface area contributed by atoms with Gasteiger partial charge in [-0.2, -0.15) is 0 Å². The van der Waals surface area contributed by atoms with Crippen molar-refractivity contribution in [3.05, 3.63) is 75.3 Å². The van der Waals surface area contributed by atoms with E-state index in [0.717, 1.165) is 11.1 Å². The van der Waals surface area contributed by atoms with Gasteiger partial charge in [-0.15, -0.1) is 0 Å². The zero-order valence-corrected chi connectivity index (χ0v) is 17.5. The fraction of sp³-hybridized carbons (Fsp3) is 0.238. The first kappa shape index (κ1) is 22.0. The Bertz CT molecular complexity index is 861. The van der Waals surface area contributed by atoms with E-state index in [9.17, 15) is 4.79 Å². The topological polar surface area (TPSA) is 62.7 Å². The molecule has 2 rings (SSSR count). The largest absolute Gasteiger partial charge is 0.398 e. The summed E-state index contributed by atoms with van der Waals surface area (Å²) in [5.41, 5.74) is 2.65. The van der Waals surface area contributed by atoms with Crippen molar-refractivity contribution < 1.29 is 9.63 Å². The van der Waals surface area contributed by atoms with Crippen molar-refractivity contribution in [2.24, 2.45) is 5.16 Å². The van der Waals surface area contributed by atoms with Crippen molar-refractivity contribution in [3.63, 3.8) is 0 Å². The van der Waals surface area contributed by atoms with E-state index in [-0.39, 0.29) is 17.7 Å². The summed E-state index contributed by atoms with van der Waals surface area (Å²) in [6.45, 7) is 2.56. The third-order valence-corrected chi connectivity index (χ3v) is 4.72. The Labute approximate surface area is 175 Å². The van der Waals surface area contributed by atoms with Crippen molar-refractivity contribution in [3.8, 4) is 0 Å². The number of carbonyl (C=O) groups excluding carboxylic acids is 1. The SMILES string of the molecule is CNC(=O)C(=NOC)c1ccccc1CNC(C)C=Cc1c(Cl)cccc1Cl. The summed E-state index contributed by atoms with van der Waals surface area (Å²) in [4.78, 5) is 17.0. The number of hydrogen-bond donors (Lipinski definition) is 2. The Morgan fingerprint density at radius 3 is 2.50 bits per heavy atom. The summed E-state index contributed by atoms with van der Waals surface area (Å²) in [5.74, 6) is -0.310. The quantitative estimate of drug-likeness (QED) is 0.495. The molecule has 1 unspecified atom stereocenters. The Kier molecular flexibility index (Phi) is 8.51. The van der Waals surface area contributed by atoms with Crippen molar-refractivity contribution in [2.45, 2.75) is 19.5 Å². The number of likely N-dealkylation sites (N-methyl/N-ethyl adjacent to an activating group) is 1. The first-order valence-corrected chi connectivity index (χ1v) is 9.50. The van der Waals surface area contributed by atoms with Gasteiger partial charge in [0.15, 0.2) is 5.71 Å². The molecule has 0 aromatic heterocycles. The maximum absolute atomic E-state index is 12.1. The molecule has 0 saturated carbocycles. The summed E-state index contributed by atoms with van der Waals surface area (Å²) < 4.78 is 0. The third kappa shape index (κ3) is 5.83. The van der Waals surface area contributed by atoms with Gasteiger partial charge < -0.3 is 15.5 Å². The standard InChI is InChI=1S/C21H23Cl2N3O2/c1-14(11-12-17-18(22)9-6-10-19(17)23)25-13-15-7-4-5-8-16(15)20(26-28-3)21(27)24-2/h4-12,14,25H,13H2,1-3H3,(H,24,27). The molecule has 0 radical (unpaired) electrons. The van der Waals surface area contributed by atoms with Crippen molar-refractivity contribution in [1.29, 1.82) is 0 Å². The summed E-state index contributed by atoms with van der Waals surface area (Å²) >= 11 is 12.4. The molecule has 2 N–H and O–H groups in total. The van der Waals surface area contributed by atoms with Gasteiger partial charge >= 0.3 is 0 Å². The molecule has 0 saturated heterocycles. The zero-order chi connectivity index (χ0) is 20.5. The van der Waals surface area contributed by atoms with E-state index in [2.05, 4.69) is 15.8 Å². The lowest BCUT2D eigenvalue weighted by atomic mass is 10.0. The van der Waals surface area contributed by atoms with Gasteiger partial charge in [-0.3, -0.25) is 4.79 Å². The number of halogens is 2. The van der Waals surface area contributed by atoms with Gasteiger partial charge in [0.1, 0.15) is 7.11 Å². The van der Waals surface area contributed by atoms with Crippen molar-refractivity contribution >= 4 is 40.9 Å². The number of benzene rings is 2. The second-order valence-electron chi connectivity index (χ2n) is 6.02. The van der Waals surface area contributed by atoms with Crippen LogP contribution in [0.25, 0.3) is 6.08 Å². The molecule has 2 aromatic carbocycles. The van der Waals surface area contributed by atoms with Crippen molar-refractivity contribution in [1.82, 2.24) is 10.6 Å². The molecule has 28 heavy (non-hydrogen) atoms. The van der Waals surface area contributed by atoms with Gasteiger partial charge in [-0.25, -0.2) is 0 Å². The van der Waals surface area contributed by atoms with Crippen LogP contribution in [0.3, 0.4) is 0 Å². The Balaban J connectivity index is 2.13. The molecular formula is C21H23Cl2N3O2. The van der Waals surface area contributed by atoms with Crippen LogP contribution in [0.15, 0.2) is 53.7 Å². The van der Waals surface area contributed by atoms with Crippen LogP contribution < -0.4 is 10.6 Å². The van der Waals surface area contributed by atoms with Crippen LogP contribution in [0.2, 0.25) is 10.0 Å². The number of nitrogens with one attached hydrogen (secondary N) is 2. The molecule has 0 aliphatic carbocycles. The van der Waals surface area contributed by atoms with E-state index in [1.165, 1.54) is 7.11 Å². The molecule has 2 aromatic rings. The van der Waals surface area contributed by atoms with E-state index in [4.69, 9.17) is 28.0 Å². The van der Waals surface area contributed by atoms with Gasteiger partial charge in [-0.1, -0.05) is 70.8 Å². The highest BCUT2D eigenvalue weighted by Gasteiger charge is 2.17. The highest BCUT2D eigenvalue weighted by atomic mass is 35.5. The van der Waals surface area contributed by atoms with E-state index < -0.39 is 0 Å². The van der Waals surface area contributed by atoms with Crippen LogP contribution in [0, 0.1) is 0 Å². The smallest absolute Gasteiger partial charge is 0.273 e. The summed E-state index contributed by atoms with van der Waals surface area (Å²) in [7, 11) is 2.97. The molecule has 0 spiro atoms. The summed E-state index contributed by atoms with van der Waals surface area (Å²) in [6, 6.07) is 13.0. The molecule has 0 fully saturated rings. The Morgan fingerprint density at radius 1 is 1.18 bits per heavy atom. The van der Waals surface area contributed by atoms with E-state index in [1.54, 1.807) is 19.2 Å². The number of amides is 1. The van der Waals surface area contributed by atoms with Crippen LogP contribution in [0.1, 0.15) is 23.6 Å². The lowest BCUT2D eigenvalue weighted by Gasteiger charge is -2.14. The minimum atomic E-state index is -0.310. The average molecular weight is 420 g/mol. The van der Waals surface area contributed by atoms with Gasteiger partial charge in [-0.05, 0) is 24.6 Å². The first-order chi connectivity index (χ1) is 13.5. The predicted molar refractivity (Wildman–Crippen MR) is 116 cm³/mol. The molecule has 1 amide bonds.